The fourth-order valence-electron chi connectivity index (χ4n) is 2.92. The minimum Gasteiger partial charge on any atom is -0.495 e. The highest BCUT2D eigenvalue weighted by Gasteiger charge is 2.24. The lowest BCUT2D eigenvalue weighted by Crippen LogP contribution is -2.40. The Morgan fingerprint density at radius 2 is 1.90 bits per heavy atom. The normalized spacial score (nSPS) is 11.2. The van der Waals surface area contributed by atoms with Crippen molar-refractivity contribution < 1.29 is 17.9 Å². The summed E-state index contributed by atoms with van der Waals surface area (Å²) in [5, 5.41) is 2.82. The SMILES string of the molecule is COc1ccc(C)cc1N(CC(=O)NCCCSCc1ccccc1C)S(C)(=O)=O. The van der Waals surface area contributed by atoms with Gasteiger partial charge in [-0.1, -0.05) is 30.3 Å². The molecule has 0 radical (unpaired) electrons. The number of rotatable bonds is 11. The number of methoxy groups -OCH3 is 1. The summed E-state index contributed by atoms with van der Waals surface area (Å²) in [5.74, 6) is 1.92. The summed E-state index contributed by atoms with van der Waals surface area (Å²) in [6, 6.07) is 13.5. The fourth-order valence-corrected chi connectivity index (χ4v) is 4.81. The average Bonchev–Trinajstić information content (AvgIpc) is 2.69. The van der Waals surface area contributed by atoms with Gasteiger partial charge in [0.2, 0.25) is 15.9 Å². The molecule has 0 aliphatic rings. The van der Waals surface area contributed by atoms with E-state index < -0.39 is 10.0 Å². The zero-order chi connectivity index (χ0) is 22.1. The second-order valence-electron chi connectivity index (χ2n) is 7.13. The molecule has 0 unspecified atom stereocenters. The minimum atomic E-state index is -3.65. The molecule has 30 heavy (non-hydrogen) atoms. The Labute approximate surface area is 184 Å². The van der Waals surface area contributed by atoms with E-state index in [1.807, 2.05) is 36.9 Å². The van der Waals surface area contributed by atoms with Crippen molar-refractivity contribution >= 4 is 33.4 Å². The van der Waals surface area contributed by atoms with E-state index in [-0.39, 0.29) is 12.5 Å². The summed E-state index contributed by atoms with van der Waals surface area (Å²) < 4.78 is 31.0. The first-order valence-electron chi connectivity index (χ1n) is 9.73. The highest BCUT2D eigenvalue weighted by molar-refractivity contribution is 7.98. The van der Waals surface area contributed by atoms with Crippen LogP contribution in [0.4, 0.5) is 5.69 Å². The third kappa shape index (κ3) is 7.25. The molecule has 2 rings (SSSR count). The predicted octanol–water partition coefficient (Wildman–Crippen LogP) is 3.52. The molecule has 0 saturated carbocycles. The lowest BCUT2D eigenvalue weighted by Gasteiger charge is -2.24. The number of hydrogen-bond donors (Lipinski definition) is 1. The Bertz CT molecular complexity index is 961. The van der Waals surface area contributed by atoms with Gasteiger partial charge in [0, 0.05) is 12.3 Å². The third-order valence-electron chi connectivity index (χ3n) is 4.60. The molecule has 2 aromatic carbocycles. The van der Waals surface area contributed by atoms with E-state index in [1.165, 1.54) is 18.2 Å². The molecule has 0 heterocycles. The van der Waals surface area contributed by atoms with Crippen molar-refractivity contribution in [1.82, 2.24) is 5.32 Å². The van der Waals surface area contributed by atoms with E-state index in [9.17, 15) is 13.2 Å². The molecule has 0 aromatic heterocycles. The van der Waals surface area contributed by atoms with Crippen LogP contribution in [0, 0.1) is 13.8 Å². The van der Waals surface area contributed by atoms with Gasteiger partial charge in [0.1, 0.15) is 12.3 Å². The van der Waals surface area contributed by atoms with Gasteiger partial charge >= 0.3 is 0 Å². The third-order valence-corrected chi connectivity index (χ3v) is 6.82. The highest BCUT2D eigenvalue weighted by Crippen LogP contribution is 2.30. The smallest absolute Gasteiger partial charge is 0.240 e. The molecule has 8 heteroatoms. The van der Waals surface area contributed by atoms with Gasteiger partial charge in [-0.2, -0.15) is 11.8 Å². The molecule has 0 aliphatic carbocycles. The second-order valence-corrected chi connectivity index (χ2v) is 10.1. The van der Waals surface area contributed by atoms with E-state index in [0.29, 0.717) is 18.0 Å². The molecular formula is C22H30N2O4S2. The van der Waals surface area contributed by atoms with Gasteiger partial charge in [-0.25, -0.2) is 8.42 Å². The van der Waals surface area contributed by atoms with E-state index in [4.69, 9.17) is 4.74 Å². The van der Waals surface area contributed by atoms with E-state index in [1.54, 1.807) is 12.1 Å². The maximum atomic E-state index is 12.4. The Balaban J connectivity index is 1.85. The van der Waals surface area contributed by atoms with Crippen molar-refractivity contribution in [2.45, 2.75) is 26.0 Å². The van der Waals surface area contributed by atoms with Crippen molar-refractivity contribution in [3.63, 3.8) is 0 Å². The lowest BCUT2D eigenvalue weighted by molar-refractivity contribution is -0.119. The molecule has 164 valence electrons. The fraction of sp³-hybridized carbons (Fsp3) is 0.409. The monoisotopic (exact) mass is 450 g/mol. The first-order chi connectivity index (χ1) is 14.2. The van der Waals surface area contributed by atoms with Crippen molar-refractivity contribution in [2.75, 3.05) is 36.5 Å². The molecule has 0 atom stereocenters. The van der Waals surface area contributed by atoms with Gasteiger partial charge in [-0.3, -0.25) is 9.10 Å². The van der Waals surface area contributed by atoms with Crippen LogP contribution in [0.5, 0.6) is 5.75 Å². The number of amides is 1. The van der Waals surface area contributed by atoms with Crippen LogP contribution in [0.1, 0.15) is 23.1 Å². The minimum absolute atomic E-state index is 0.283. The number of nitrogens with one attached hydrogen (secondary N) is 1. The molecule has 0 saturated heterocycles. The molecule has 1 N–H and O–H groups in total. The Kier molecular flexibility index (Phi) is 9.05. The van der Waals surface area contributed by atoms with Crippen molar-refractivity contribution in [2.24, 2.45) is 0 Å². The van der Waals surface area contributed by atoms with Gasteiger partial charge in [0.15, 0.2) is 0 Å². The lowest BCUT2D eigenvalue weighted by atomic mass is 10.1. The van der Waals surface area contributed by atoms with Crippen LogP contribution >= 0.6 is 11.8 Å². The molecule has 2 aromatic rings. The maximum absolute atomic E-state index is 12.4. The maximum Gasteiger partial charge on any atom is 0.240 e. The Morgan fingerprint density at radius 1 is 1.17 bits per heavy atom. The largest absolute Gasteiger partial charge is 0.495 e. The van der Waals surface area contributed by atoms with Crippen molar-refractivity contribution in [3.8, 4) is 5.75 Å². The van der Waals surface area contributed by atoms with Gasteiger partial charge in [-0.15, -0.1) is 0 Å². The van der Waals surface area contributed by atoms with Crippen LogP contribution in [-0.4, -0.2) is 46.5 Å². The zero-order valence-corrected chi connectivity index (χ0v) is 19.6. The summed E-state index contributed by atoms with van der Waals surface area (Å²) in [4.78, 5) is 12.4. The molecule has 0 spiro atoms. The number of hydrogen-bond acceptors (Lipinski definition) is 5. The summed E-state index contributed by atoms with van der Waals surface area (Å²) in [6.45, 7) is 4.18. The number of ether oxygens (including phenoxy) is 1. The summed E-state index contributed by atoms with van der Waals surface area (Å²) in [6.07, 6.45) is 1.90. The topological polar surface area (TPSA) is 75.7 Å². The highest BCUT2D eigenvalue weighted by atomic mass is 32.2. The van der Waals surface area contributed by atoms with E-state index in [2.05, 4.69) is 24.4 Å². The van der Waals surface area contributed by atoms with E-state index in [0.717, 1.165) is 34.1 Å². The zero-order valence-electron chi connectivity index (χ0n) is 18.0. The van der Waals surface area contributed by atoms with Gasteiger partial charge in [0.25, 0.3) is 0 Å². The number of thioether (sulfide) groups is 1. The Morgan fingerprint density at radius 3 is 2.57 bits per heavy atom. The molecule has 1 amide bonds. The number of carbonyl (C=O) groups excluding carboxylic acids is 1. The van der Waals surface area contributed by atoms with Crippen LogP contribution in [0.25, 0.3) is 0 Å². The number of carbonyl (C=O) groups is 1. The van der Waals surface area contributed by atoms with Gasteiger partial charge in [-0.05, 0) is 54.8 Å². The average molecular weight is 451 g/mol. The van der Waals surface area contributed by atoms with Crippen LogP contribution in [-0.2, 0) is 20.6 Å². The molecule has 0 fully saturated rings. The van der Waals surface area contributed by atoms with E-state index >= 15 is 0 Å². The summed E-state index contributed by atoms with van der Waals surface area (Å²) in [5.41, 5.74) is 3.85. The molecular weight excluding hydrogens is 420 g/mol. The van der Waals surface area contributed by atoms with Crippen LogP contribution < -0.4 is 14.4 Å². The first-order valence-corrected chi connectivity index (χ1v) is 12.7. The molecule has 0 aliphatic heterocycles. The number of nitrogens with zero attached hydrogens (tertiary/aromatic N) is 1. The summed E-state index contributed by atoms with van der Waals surface area (Å²) in [7, 11) is -2.17. The van der Waals surface area contributed by atoms with Crippen LogP contribution in [0.15, 0.2) is 42.5 Å². The molecule has 0 bridgehead atoms. The summed E-state index contributed by atoms with van der Waals surface area (Å²) >= 11 is 1.82. The number of aryl methyl sites for hydroxylation is 2. The van der Waals surface area contributed by atoms with Crippen LogP contribution in [0.2, 0.25) is 0 Å². The number of anilines is 1. The van der Waals surface area contributed by atoms with Crippen molar-refractivity contribution in [1.29, 1.82) is 0 Å². The number of benzene rings is 2. The number of sulfonamides is 1. The first kappa shape index (κ1) is 24.1. The van der Waals surface area contributed by atoms with Crippen LogP contribution in [0.3, 0.4) is 0 Å². The quantitative estimate of drug-likeness (QED) is 0.530. The molecule has 6 nitrogen and oxygen atoms in total. The Hall–Kier alpha value is -2.19. The van der Waals surface area contributed by atoms with Gasteiger partial charge < -0.3 is 10.1 Å². The predicted molar refractivity (Wildman–Crippen MR) is 125 cm³/mol. The van der Waals surface area contributed by atoms with Crippen molar-refractivity contribution in [3.05, 3.63) is 59.2 Å². The second kappa shape index (κ2) is 11.3. The van der Waals surface area contributed by atoms with Gasteiger partial charge in [0.05, 0.1) is 19.1 Å². The standard InChI is InChI=1S/C22H30N2O4S2/c1-17-10-11-21(28-3)20(14-17)24(30(4,26)27)15-22(25)23-12-7-13-29-16-19-9-6-5-8-18(19)2/h5-6,8-11,14H,7,12-13,15-16H2,1-4H3,(H,23,25).